The molecule has 0 bridgehead atoms. The number of hydrogen-bond donors (Lipinski definition) is 5. The van der Waals surface area contributed by atoms with Gasteiger partial charge in [-0.1, -0.05) is 59.3 Å². The number of aliphatic hydroxyl groups excluding tert-OH is 5. The Morgan fingerprint density at radius 2 is 1.62 bits per heavy atom. The molecule has 4 saturated carbocycles. The third-order valence-electron chi connectivity index (χ3n) is 14.5. The van der Waals surface area contributed by atoms with Crippen LogP contribution in [0.2, 0.25) is 0 Å². The van der Waals surface area contributed by atoms with Crippen LogP contribution in [-0.4, -0.2) is 69.1 Å². The highest BCUT2D eigenvalue weighted by atomic mass is 16.6. The van der Waals surface area contributed by atoms with Crippen LogP contribution in [-0.2, 0) is 9.53 Å². The van der Waals surface area contributed by atoms with Crippen molar-refractivity contribution in [3.05, 3.63) is 23.3 Å². The van der Waals surface area contributed by atoms with Gasteiger partial charge in [0.1, 0.15) is 12.2 Å². The van der Waals surface area contributed by atoms with Crippen molar-refractivity contribution in [3.63, 3.8) is 0 Å². The van der Waals surface area contributed by atoms with Crippen LogP contribution in [0.3, 0.4) is 0 Å². The lowest BCUT2D eigenvalue weighted by atomic mass is 9.33. The van der Waals surface area contributed by atoms with E-state index >= 15 is 0 Å². The Morgan fingerprint density at radius 1 is 0.952 bits per heavy atom. The standard InChI is InChI=1S/C35H56O7/c1-9-20(2)29(41)42-28-27(40)35(19-37)22(16-30(28,3)4)21-10-11-24-31(5)14-13-25(38)32(6,18-36)23(31)12-15-33(24,7)34(21,8)17-26(35)39/h9-10,22-28,36-40H,11-19H2,1-8H3/b20-9+/t22-,23+,24+,25-,26+,27-,28-,31-,32+,33+,34+,35-/m0/s1. The van der Waals surface area contributed by atoms with Gasteiger partial charge in [-0.2, -0.15) is 0 Å². The van der Waals surface area contributed by atoms with E-state index in [0.717, 1.165) is 25.7 Å². The fraction of sp³-hybridized carbons (Fsp3) is 0.857. The number of esters is 1. The second-order valence-corrected chi connectivity index (χ2v) is 16.5. The van der Waals surface area contributed by atoms with Gasteiger partial charge in [0.05, 0.1) is 30.8 Å². The molecule has 7 heteroatoms. The molecule has 0 spiro atoms. The molecule has 0 aromatic heterocycles. The van der Waals surface area contributed by atoms with E-state index in [0.29, 0.717) is 30.8 Å². The van der Waals surface area contributed by atoms with Crippen LogP contribution in [0.5, 0.6) is 0 Å². The van der Waals surface area contributed by atoms with E-state index in [1.807, 2.05) is 13.8 Å². The van der Waals surface area contributed by atoms with E-state index in [-0.39, 0.29) is 34.7 Å². The third-order valence-corrected chi connectivity index (χ3v) is 14.5. The SMILES string of the molecule is C/C=C(\C)C(=O)O[C@H]1[C@H](O)[C@]2(CO)[C@H](O)C[C@]3(C)C(=CC[C@@H]4[C@@]5(C)CC[C@H](O)[C@](C)(CO)[C@@H]5CC[C@]43C)[C@@H]2CC1(C)C. The highest BCUT2D eigenvalue weighted by Crippen LogP contribution is 2.75. The second kappa shape index (κ2) is 10.1. The molecular weight excluding hydrogens is 532 g/mol. The molecule has 0 heterocycles. The summed E-state index contributed by atoms with van der Waals surface area (Å²) in [7, 11) is 0. The topological polar surface area (TPSA) is 127 Å². The first-order valence-corrected chi connectivity index (χ1v) is 16.2. The lowest BCUT2D eigenvalue weighted by Gasteiger charge is -2.72. The minimum absolute atomic E-state index is 0.0255. The molecule has 0 unspecified atom stereocenters. The smallest absolute Gasteiger partial charge is 0.333 e. The van der Waals surface area contributed by atoms with Crippen LogP contribution in [0.4, 0.5) is 0 Å². The Balaban J connectivity index is 1.58. The number of rotatable bonds is 4. The van der Waals surface area contributed by atoms with Gasteiger partial charge >= 0.3 is 5.97 Å². The van der Waals surface area contributed by atoms with Gasteiger partial charge in [0.25, 0.3) is 0 Å². The van der Waals surface area contributed by atoms with Gasteiger partial charge in [0.2, 0.25) is 0 Å². The molecular formula is C35H56O7. The Bertz CT molecular complexity index is 1160. The van der Waals surface area contributed by atoms with Crippen molar-refractivity contribution in [2.24, 2.45) is 50.2 Å². The van der Waals surface area contributed by atoms with Gasteiger partial charge in [-0.3, -0.25) is 0 Å². The van der Waals surface area contributed by atoms with Crippen LogP contribution in [0.25, 0.3) is 0 Å². The van der Waals surface area contributed by atoms with Crippen LogP contribution in [0, 0.1) is 50.2 Å². The minimum Gasteiger partial charge on any atom is -0.456 e. The van der Waals surface area contributed by atoms with Gasteiger partial charge in [0.15, 0.2) is 0 Å². The van der Waals surface area contributed by atoms with Crippen LogP contribution in [0.15, 0.2) is 23.3 Å². The molecule has 0 aromatic carbocycles. The van der Waals surface area contributed by atoms with Gasteiger partial charge in [-0.25, -0.2) is 4.79 Å². The molecule has 12 atom stereocenters. The van der Waals surface area contributed by atoms with Crippen LogP contribution in [0.1, 0.15) is 100 Å². The highest BCUT2D eigenvalue weighted by molar-refractivity contribution is 5.87. The molecule has 0 radical (unpaired) electrons. The maximum Gasteiger partial charge on any atom is 0.333 e. The van der Waals surface area contributed by atoms with Crippen molar-refractivity contribution in [1.82, 2.24) is 0 Å². The van der Waals surface area contributed by atoms with Crippen molar-refractivity contribution >= 4 is 5.97 Å². The summed E-state index contributed by atoms with van der Waals surface area (Å²) in [5, 5.41) is 56.6. The average molecular weight is 589 g/mol. The zero-order valence-corrected chi connectivity index (χ0v) is 27.1. The summed E-state index contributed by atoms with van der Waals surface area (Å²) < 4.78 is 5.93. The predicted molar refractivity (Wildman–Crippen MR) is 161 cm³/mol. The van der Waals surface area contributed by atoms with Gasteiger partial charge in [-0.05, 0) is 92.8 Å². The monoisotopic (exact) mass is 588 g/mol. The normalized spacial score (nSPS) is 51.8. The molecule has 5 aliphatic carbocycles. The van der Waals surface area contributed by atoms with Crippen molar-refractivity contribution in [3.8, 4) is 0 Å². The number of fused-ring (bicyclic) bond motifs is 7. The fourth-order valence-corrected chi connectivity index (χ4v) is 11.5. The minimum atomic E-state index is -1.23. The average Bonchev–Trinajstić information content (AvgIpc) is 2.93. The molecule has 238 valence electrons. The largest absolute Gasteiger partial charge is 0.456 e. The maximum atomic E-state index is 12.9. The zero-order valence-electron chi connectivity index (χ0n) is 27.1. The molecule has 4 fully saturated rings. The quantitative estimate of drug-likeness (QED) is 0.185. The molecule has 0 amide bonds. The molecule has 0 saturated heterocycles. The third kappa shape index (κ3) is 3.92. The Labute approximate surface area is 252 Å². The van der Waals surface area contributed by atoms with Crippen LogP contribution >= 0.6 is 0 Å². The first-order valence-electron chi connectivity index (χ1n) is 16.2. The molecule has 0 aromatic rings. The van der Waals surface area contributed by atoms with E-state index in [2.05, 4.69) is 33.8 Å². The summed E-state index contributed by atoms with van der Waals surface area (Å²) in [5.41, 5.74) is -1.25. The molecule has 42 heavy (non-hydrogen) atoms. The number of aliphatic hydroxyl groups is 5. The molecule has 5 rings (SSSR count). The van der Waals surface area contributed by atoms with Crippen molar-refractivity contribution in [2.45, 2.75) is 125 Å². The Morgan fingerprint density at radius 3 is 2.21 bits per heavy atom. The summed E-state index contributed by atoms with van der Waals surface area (Å²) in [4.78, 5) is 12.9. The second-order valence-electron chi connectivity index (χ2n) is 16.5. The summed E-state index contributed by atoms with van der Waals surface area (Å²) in [6.45, 7) is 16.2. The number of ether oxygens (including phenoxy) is 1. The first-order chi connectivity index (χ1) is 19.4. The summed E-state index contributed by atoms with van der Waals surface area (Å²) >= 11 is 0. The van der Waals surface area contributed by atoms with Crippen molar-refractivity contribution in [2.75, 3.05) is 13.2 Å². The van der Waals surface area contributed by atoms with E-state index in [9.17, 15) is 30.3 Å². The Hall–Kier alpha value is -1.25. The van der Waals surface area contributed by atoms with E-state index in [1.165, 1.54) is 5.57 Å². The zero-order chi connectivity index (χ0) is 31.3. The van der Waals surface area contributed by atoms with E-state index in [4.69, 9.17) is 4.74 Å². The van der Waals surface area contributed by atoms with Gasteiger partial charge in [0, 0.05) is 16.4 Å². The van der Waals surface area contributed by atoms with E-state index < -0.39 is 53.2 Å². The summed E-state index contributed by atoms with van der Waals surface area (Å²) in [6, 6.07) is 0. The van der Waals surface area contributed by atoms with Crippen LogP contribution < -0.4 is 0 Å². The highest BCUT2D eigenvalue weighted by Gasteiger charge is 2.72. The number of carbonyl (C=O) groups excluding carboxylic acids is 1. The molecule has 5 N–H and O–H groups in total. The van der Waals surface area contributed by atoms with Gasteiger partial charge < -0.3 is 30.3 Å². The first kappa shape index (κ1) is 32.2. The summed E-state index contributed by atoms with van der Waals surface area (Å²) in [6.07, 6.45) is 5.72. The number of carbonyl (C=O) groups is 1. The van der Waals surface area contributed by atoms with Crippen molar-refractivity contribution < 1.29 is 35.1 Å². The number of allylic oxidation sites excluding steroid dienone is 3. The Kier molecular flexibility index (Phi) is 7.76. The summed E-state index contributed by atoms with van der Waals surface area (Å²) in [5.74, 6) is -0.241. The molecule has 0 aliphatic heterocycles. The van der Waals surface area contributed by atoms with Crippen molar-refractivity contribution in [1.29, 1.82) is 0 Å². The van der Waals surface area contributed by atoms with E-state index in [1.54, 1.807) is 19.9 Å². The molecule has 5 aliphatic rings. The maximum absolute atomic E-state index is 12.9. The molecule has 7 nitrogen and oxygen atoms in total. The fourth-order valence-electron chi connectivity index (χ4n) is 11.5. The lowest BCUT2D eigenvalue weighted by molar-refractivity contribution is -0.262. The lowest BCUT2D eigenvalue weighted by Crippen LogP contribution is -2.72. The number of hydrogen-bond acceptors (Lipinski definition) is 7. The van der Waals surface area contributed by atoms with Gasteiger partial charge in [-0.15, -0.1) is 0 Å². The predicted octanol–water partition coefficient (Wildman–Crippen LogP) is 4.54.